The van der Waals surface area contributed by atoms with Crippen LogP contribution in [0.5, 0.6) is 0 Å². The predicted molar refractivity (Wildman–Crippen MR) is 89.6 cm³/mol. The fourth-order valence-corrected chi connectivity index (χ4v) is 3.82. The lowest BCUT2D eigenvalue weighted by Crippen LogP contribution is -2.50. The number of aliphatic hydroxyl groups excluding tert-OH is 1. The number of rotatable bonds is 7. The molecule has 2 rings (SSSR count). The highest BCUT2D eigenvalue weighted by atomic mass is 16.3. The third-order valence-electron chi connectivity index (χ3n) is 5.32. The van der Waals surface area contributed by atoms with Crippen molar-refractivity contribution >= 4 is 5.91 Å². The lowest BCUT2D eigenvalue weighted by atomic mass is 9.96. The van der Waals surface area contributed by atoms with Crippen molar-refractivity contribution in [3.63, 3.8) is 0 Å². The molecule has 22 heavy (non-hydrogen) atoms. The first kappa shape index (κ1) is 17.7. The van der Waals surface area contributed by atoms with Crippen molar-refractivity contribution in [2.75, 3.05) is 26.2 Å². The first-order valence-electron chi connectivity index (χ1n) is 9.23. The number of carbonyl (C=O) groups excluding carboxylic acids is 1. The molecule has 4 heteroatoms. The average molecular weight is 310 g/mol. The number of amides is 1. The van der Waals surface area contributed by atoms with E-state index in [1.807, 2.05) is 4.90 Å². The molecule has 1 aliphatic carbocycles. The number of carbonyl (C=O) groups is 1. The molecule has 1 atom stereocenters. The second-order valence-electron chi connectivity index (χ2n) is 7.69. The molecule has 0 bridgehead atoms. The summed E-state index contributed by atoms with van der Waals surface area (Å²) in [4.78, 5) is 14.8. The number of piperidine rings is 1. The van der Waals surface area contributed by atoms with Crippen LogP contribution in [0.4, 0.5) is 0 Å². The normalized spacial score (nSPS) is 22.5. The van der Waals surface area contributed by atoms with Crippen LogP contribution in [0.25, 0.3) is 0 Å². The van der Waals surface area contributed by atoms with E-state index >= 15 is 0 Å². The summed E-state index contributed by atoms with van der Waals surface area (Å²) in [6.07, 6.45) is 8.15. The van der Waals surface area contributed by atoms with Crippen LogP contribution in [0.3, 0.4) is 0 Å². The van der Waals surface area contributed by atoms with Crippen molar-refractivity contribution in [1.29, 1.82) is 0 Å². The third-order valence-corrected chi connectivity index (χ3v) is 5.32. The second kappa shape index (κ2) is 8.88. The molecule has 128 valence electrons. The Morgan fingerprint density at radius 1 is 1.14 bits per heavy atom. The van der Waals surface area contributed by atoms with E-state index in [1.165, 1.54) is 25.7 Å². The van der Waals surface area contributed by atoms with Crippen molar-refractivity contribution in [3.8, 4) is 0 Å². The van der Waals surface area contributed by atoms with Gasteiger partial charge in [-0.05, 0) is 56.4 Å². The fraction of sp³-hybridized carbons (Fsp3) is 0.944. The van der Waals surface area contributed by atoms with Gasteiger partial charge in [0.15, 0.2) is 0 Å². The number of nitrogens with one attached hydrogen (secondary N) is 1. The van der Waals surface area contributed by atoms with Crippen LogP contribution >= 0.6 is 0 Å². The number of aliphatic hydroxyl groups is 1. The van der Waals surface area contributed by atoms with Crippen LogP contribution in [0.15, 0.2) is 0 Å². The van der Waals surface area contributed by atoms with E-state index in [1.54, 1.807) is 0 Å². The minimum Gasteiger partial charge on any atom is -0.396 e. The Hall–Kier alpha value is -0.610. The Morgan fingerprint density at radius 2 is 1.77 bits per heavy atom. The first-order valence-corrected chi connectivity index (χ1v) is 9.23. The highest BCUT2D eigenvalue weighted by Crippen LogP contribution is 2.24. The zero-order valence-electron chi connectivity index (χ0n) is 14.4. The van der Waals surface area contributed by atoms with E-state index in [0.717, 1.165) is 44.8 Å². The minimum atomic E-state index is -0.0220. The van der Waals surface area contributed by atoms with Gasteiger partial charge in [0, 0.05) is 19.7 Å². The van der Waals surface area contributed by atoms with Gasteiger partial charge in [0.05, 0.1) is 6.04 Å². The Bertz CT molecular complexity index is 332. The predicted octanol–water partition coefficient (Wildman–Crippen LogP) is 2.41. The van der Waals surface area contributed by atoms with Crippen molar-refractivity contribution in [3.05, 3.63) is 0 Å². The molecular weight excluding hydrogens is 276 g/mol. The monoisotopic (exact) mass is 310 g/mol. The summed E-state index contributed by atoms with van der Waals surface area (Å²) in [7, 11) is 0. The van der Waals surface area contributed by atoms with Crippen molar-refractivity contribution < 1.29 is 9.90 Å². The Balaban J connectivity index is 1.84. The molecule has 0 spiro atoms. The largest absolute Gasteiger partial charge is 0.396 e. The molecule has 0 aromatic heterocycles. The molecule has 1 unspecified atom stereocenters. The number of hydrogen-bond acceptors (Lipinski definition) is 3. The van der Waals surface area contributed by atoms with Crippen LogP contribution in [0.1, 0.15) is 58.8 Å². The summed E-state index contributed by atoms with van der Waals surface area (Å²) in [6, 6.07) is -0.0220. The Kier molecular flexibility index (Phi) is 7.16. The van der Waals surface area contributed by atoms with Crippen LogP contribution in [-0.4, -0.2) is 48.2 Å². The summed E-state index contributed by atoms with van der Waals surface area (Å²) >= 11 is 0. The van der Waals surface area contributed by atoms with E-state index in [2.05, 4.69) is 19.2 Å². The molecule has 2 aliphatic rings. The van der Waals surface area contributed by atoms with Crippen LogP contribution in [0.2, 0.25) is 0 Å². The molecule has 1 saturated heterocycles. The molecule has 1 aliphatic heterocycles. The van der Waals surface area contributed by atoms with Gasteiger partial charge in [0.1, 0.15) is 0 Å². The van der Waals surface area contributed by atoms with E-state index in [9.17, 15) is 9.90 Å². The van der Waals surface area contributed by atoms with E-state index in [0.29, 0.717) is 11.8 Å². The Morgan fingerprint density at radius 3 is 2.32 bits per heavy atom. The minimum absolute atomic E-state index is 0.0220. The van der Waals surface area contributed by atoms with Crippen molar-refractivity contribution in [2.45, 2.75) is 64.8 Å². The van der Waals surface area contributed by atoms with Crippen molar-refractivity contribution in [1.82, 2.24) is 10.2 Å². The maximum Gasteiger partial charge on any atom is 0.239 e. The molecule has 0 aromatic carbocycles. The lowest BCUT2D eigenvalue weighted by molar-refractivity contribution is -0.135. The van der Waals surface area contributed by atoms with Crippen molar-refractivity contribution in [2.24, 2.45) is 17.8 Å². The summed E-state index contributed by atoms with van der Waals surface area (Å²) in [6.45, 7) is 7.26. The fourth-order valence-electron chi connectivity index (χ4n) is 3.82. The summed E-state index contributed by atoms with van der Waals surface area (Å²) in [5.74, 6) is 1.96. The lowest BCUT2D eigenvalue weighted by Gasteiger charge is -2.34. The van der Waals surface area contributed by atoms with Gasteiger partial charge in [-0.2, -0.15) is 0 Å². The zero-order valence-corrected chi connectivity index (χ0v) is 14.4. The molecule has 0 radical (unpaired) electrons. The van der Waals surface area contributed by atoms with E-state index in [4.69, 9.17) is 0 Å². The van der Waals surface area contributed by atoms with Crippen LogP contribution in [-0.2, 0) is 4.79 Å². The third kappa shape index (κ3) is 5.24. The molecular formula is C18H34N2O2. The van der Waals surface area contributed by atoms with Gasteiger partial charge >= 0.3 is 0 Å². The zero-order chi connectivity index (χ0) is 15.9. The molecule has 1 amide bonds. The van der Waals surface area contributed by atoms with E-state index < -0.39 is 0 Å². The number of nitrogens with zero attached hydrogens (tertiary/aromatic N) is 1. The molecule has 4 nitrogen and oxygen atoms in total. The molecule has 2 fully saturated rings. The highest BCUT2D eigenvalue weighted by molar-refractivity contribution is 5.82. The first-order chi connectivity index (χ1) is 10.6. The molecule has 2 N–H and O–H groups in total. The summed E-state index contributed by atoms with van der Waals surface area (Å²) in [5.41, 5.74) is 0. The van der Waals surface area contributed by atoms with Crippen LogP contribution in [0, 0.1) is 17.8 Å². The maximum absolute atomic E-state index is 12.8. The Labute approximate surface area is 135 Å². The second-order valence-corrected chi connectivity index (χ2v) is 7.69. The topological polar surface area (TPSA) is 52.6 Å². The summed E-state index contributed by atoms with van der Waals surface area (Å²) in [5, 5.41) is 12.8. The smallest absolute Gasteiger partial charge is 0.239 e. The molecule has 0 aromatic rings. The van der Waals surface area contributed by atoms with Crippen LogP contribution < -0.4 is 5.32 Å². The highest BCUT2D eigenvalue weighted by Gasteiger charge is 2.29. The molecule has 1 saturated carbocycles. The maximum atomic E-state index is 12.8. The molecule has 1 heterocycles. The van der Waals surface area contributed by atoms with E-state index in [-0.39, 0.29) is 18.6 Å². The average Bonchev–Trinajstić information content (AvgIpc) is 3.04. The van der Waals surface area contributed by atoms with Gasteiger partial charge in [-0.15, -0.1) is 0 Å². The number of likely N-dealkylation sites (tertiary alicyclic amines) is 1. The number of hydrogen-bond donors (Lipinski definition) is 2. The van der Waals surface area contributed by atoms with Gasteiger partial charge in [0.25, 0.3) is 0 Å². The quantitative estimate of drug-likeness (QED) is 0.759. The van der Waals surface area contributed by atoms with Gasteiger partial charge < -0.3 is 15.3 Å². The van der Waals surface area contributed by atoms with Gasteiger partial charge in [-0.1, -0.05) is 26.7 Å². The summed E-state index contributed by atoms with van der Waals surface area (Å²) < 4.78 is 0. The van der Waals surface area contributed by atoms with Gasteiger partial charge in [-0.3, -0.25) is 4.79 Å². The van der Waals surface area contributed by atoms with Gasteiger partial charge in [0.2, 0.25) is 5.91 Å². The standard InChI is InChI=1S/C18H34N2O2/c1-14(2)11-17(19-12-15-5-3-4-6-15)18(22)20-9-7-16(13-21)8-10-20/h14-17,19,21H,3-13H2,1-2H3. The van der Waals surface area contributed by atoms with Gasteiger partial charge in [-0.25, -0.2) is 0 Å². The SMILES string of the molecule is CC(C)CC(NCC1CCCC1)C(=O)N1CCC(CO)CC1.